The van der Waals surface area contributed by atoms with E-state index in [-0.39, 0.29) is 10.8 Å². The normalized spacial score (nSPS) is 15.7. The highest BCUT2D eigenvalue weighted by Gasteiger charge is 2.43. The van der Waals surface area contributed by atoms with E-state index in [1.165, 1.54) is 82.8 Å². The molecule has 0 atom stereocenters. The lowest BCUT2D eigenvalue weighted by atomic mass is 9.68. The third-order valence-electron chi connectivity index (χ3n) is 10.1. The summed E-state index contributed by atoms with van der Waals surface area (Å²) in [6.45, 7) is 9.63. The zero-order chi connectivity index (χ0) is 27.7. The van der Waals surface area contributed by atoms with Crippen molar-refractivity contribution in [3.05, 3.63) is 138 Å². The molecule has 9 rings (SSSR count). The van der Waals surface area contributed by atoms with Gasteiger partial charge in [0.1, 0.15) is 0 Å². The molecule has 0 bridgehead atoms. The van der Waals surface area contributed by atoms with Crippen LogP contribution in [0.4, 0.5) is 0 Å². The van der Waals surface area contributed by atoms with Crippen LogP contribution < -0.4 is 0 Å². The minimum Gasteiger partial charge on any atom is -0.308 e. The molecule has 3 heterocycles. The maximum Gasteiger partial charge on any atom is 0.0582 e. The molecule has 6 aromatic carbocycles. The quantitative estimate of drug-likeness (QED) is 0.212. The first-order valence-electron chi connectivity index (χ1n) is 14.7. The Morgan fingerprint density at radius 3 is 1.71 bits per heavy atom. The Kier molecular flexibility index (Phi) is 4.26. The monoisotopic (exact) mass is 525 g/mol. The molecule has 0 fully saturated rings. The summed E-state index contributed by atoms with van der Waals surface area (Å²) >= 11 is 0. The van der Waals surface area contributed by atoms with Crippen molar-refractivity contribution in [1.82, 2.24) is 4.57 Å². The lowest BCUT2D eigenvalue weighted by Crippen LogP contribution is -2.33. The molecule has 0 saturated heterocycles. The lowest BCUT2D eigenvalue weighted by molar-refractivity contribution is 0.594. The Hall–Kier alpha value is -4.62. The molecule has 2 aliphatic rings. The summed E-state index contributed by atoms with van der Waals surface area (Å²) in [7, 11) is 0. The van der Waals surface area contributed by atoms with Crippen LogP contribution in [0.5, 0.6) is 0 Å². The van der Waals surface area contributed by atoms with Crippen LogP contribution in [0.15, 0.2) is 115 Å². The van der Waals surface area contributed by atoms with Gasteiger partial charge in [0, 0.05) is 21.6 Å². The SMILES string of the molecule is CC1(C)c2cccc3c2-n2c4c1cccc4c1cc(-c4cc5ccccc5cc4-c4ccccc4)cc(c12)C3(C)C. The van der Waals surface area contributed by atoms with Gasteiger partial charge in [0.15, 0.2) is 0 Å². The van der Waals surface area contributed by atoms with Gasteiger partial charge in [0.05, 0.1) is 16.7 Å². The number of aromatic nitrogens is 1. The number of hydrogen-bond donors (Lipinski definition) is 0. The average molecular weight is 526 g/mol. The Balaban J connectivity index is 1.47. The fraction of sp³-hybridized carbons (Fsp3) is 0.150. The van der Waals surface area contributed by atoms with Gasteiger partial charge in [-0.1, -0.05) is 119 Å². The summed E-state index contributed by atoms with van der Waals surface area (Å²) in [5.41, 5.74) is 14.7. The molecule has 0 saturated carbocycles. The number of rotatable bonds is 2. The van der Waals surface area contributed by atoms with Gasteiger partial charge >= 0.3 is 0 Å². The minimum absolute atomic E-state index is 0.0650. The molecule has 196 valence electrons. The lowest BCUT2D eigenvalue weighted by Gasteiger charge is -2.42. The maximum atomic E-state index is 2.61. The molecule has 0 unspecified atom stereocenters. The van der Waals surface area contributed by atoms with Gasteiger partial charge in [0.25, 0.3) is 0 Å². The van der Waals surface area contributed by atoms with Crippen molar-refractivity contribution in [2.24, 2.45) is 0 Å². The van der Waals surface area contributed by atoms with E-state index in [1.807, 2.05) is 0 Å². The van der Waals surface area contributed by atoms with Crippen molar-refractivity contribution in [2.45, 2.75) is 38.5 Å². The van der Waals surface area contributed by atoms with Crippen molar-refractivity contribution < 1.29 is 0 Å². The van der Waals surface area contributed by atoms with Crippen molar-refractivity contribution in [1.29, 1.82) is 0 Å². The molecule has 0 spiro atoms. The summed E-state index contributed by atoms with van der Waals surface area (Å²) < 4.78 is 2.61. The Bertz CT molecular complexity index is 2240. The van der Waals surface area contributed by atoms with Gasteiger partial charge < -0.3 is 4.57 Å². The molecule has 0 radical (unpaired) electrons. The number of nitrogens with zero attached hydrogens (tertiary/aromatic N) is 1. The second kappa shape index (κ2) is 7.56. The van der Waals surface area contributed by atoms with Gasteiger partial charge in [-0.3, -0.25) is 0 Å². The number of benzene rings is 6. The maximum absolute atomic E-state index is 2.61. The van der Waals surface area contributed by atoms with E-state index < -0.39 is 0 Å². The molecular formula is C40H31N. The molecule has 0 amide bonds. The summed E-state index contributed by atoms with van der Waals surface area (Å²) in [6, 6.07) is 43.3. The molecule has 0 aliphatic carbocycles. The minimum atomic E-state index is -0.138. The molecule has 7 aromatic rings. The zero-order valence-corrected chi connectivity index (χ0v) is 23.9. The third kappa shape index (κ3) is 2.81. The van der Waals surface area contributed by atoms with Crippen LogP contribution in [-0.4, -0.2) is 4.57 Å². The Morgan fingerprint density at radius 2 is 1.00 bits per heavy atom. The van der Waals surface area contributed by atoms with Gasteiger partial charge in [-0.05, 0) is 79.5 Å². The fourth-order valence-corrected chi connectivity index (χ4v) is 7.97. The van der Waals surface area contributed by atoms with Gasteiger partial charge in [0.2, 0.25) is 0 Å². The number of fused-ring (bicyclic) bond motifs is 2. The second-order valence-electron chi connectivity index (χ2n) is 13.0. The summed E-state index contributed by atoms with van der Waals surface area (Å²) in [6.07, 6.45) is 0. The smallest absolute Gasteiger partial charge is 0.0582 e. The van der Waals surface area contributed by atoms with Crippen LogP contribution in [0, 0.1) is 0 Å². The topological polar surface area (TPSA) is 4.93 Å². The largest absolute Gasteiger partial charge is 0.308 e. The molecular weight excluding hydrogens is 494 g/mol. The molecule has 41 heavy (non-hydrogen) atoms. The fourth-order valence-electron chi connectivity index (χ4n) is 7.97. The van der Waals surface area contributed by atoms with E-state index in [9.17, 15) is 0 Å². The van der Waals surface area contributed by atoms with Gasteiger partial charge in [-0.15, -0.1) is 0 Å². The molecule has 1 aromatic heterocycles. The summed E-state index contributed by atoms with van der Waals surface area (Å²) in [5, 5.41) is 5.25. The number of hydrogen-bond acceptors (Lipinski definition) is 0. The van der Waals surface area contributed by atoms with E-state index in [0.717, 1.165) is 0 Å². The standard InChI is InChI=1S/C40H31N/c1-39(2)32-17-10-16-28-31-22-27(30-21-26-15-9-8-14-25(26)20-29(30)24-12-6-5-7-13-24)23-35-37(31)41(36(28)32)38-33(39)18-11-19-34(38)40(35,3)4/h5-23H,1-4H3. The predicted octanol–water partition coefficient (Wildman–Crippen LogP) is 10.5. The van der Waals surface area contributed by atoms with Crippen LogP contribution in [0.1, 0.15) is 49.9 Å². The van der Waals surface area contributed by atoms with E-state index >= 15 is 0 Å². The van der Waals surface area contributed by atoms with E-state index in [4.69, 9.17) is 0 Å². The predicted molar refractivity (Wildman–Crippen MR) is 173 cm³/mol. The Morgan fingerprint density at radius 1 is 0.439 bits per heavy atom. The second-order valence-corrected chi connectivity index (χ2v) is 13.0. The summed E-state index contributed by atoms with van der Waals surface area (Å²) in [5.74, 6) is 0. The van der Waals surface area contributed by atoms with Crippen LogP contribution in [0.2, 0.25) is 0 Å². The van der Waals surface area contributed by atoms with Gasteiger partial charge in [-0.25, -0.2) is 0 Å². The highest BCUT2D eigenvalue weighted by Crippen LogP contribution is 2.56. The van der Waals surface area contributed by atoms with Crippen LogP contribution in [0.3, 0.4) is 0 Å². The first-order chi connectivity index (χ1) is 19.9. The van der Waals surface area contributed by atoms with E-state index in [0.29, 0.717) is 0 Å². The third-order valence-corrected chi connectivity index (χ3v) is 10.1. The average Bonchev–Trinajstić information content (AvgIpc) is 3.33. The summed E-state index contributed by atoms with van der Waals surface area (Å²) in [4.78, 5) is 0. The molecule has 1 heteroatoms. The highest BCUT2D eigenvalue weighted by atomic mass is 15.0. The molecule has 1 nitrogen and oxygen atoms in total. The van der Waals surface area contributed by atoms with Crippen molar-refractivity contribution in [3.63, 3.8) is 0 Å². The first kappa shape index (κ1) is 23.1. The van der Waals surface area contributed by atoms with Crippen LogP contribution >= 0.6 is 0 Å². The number of para-hydroxylation sites is 2. The Labute approximate surface area is 240 Å². The van der Waals surface area contributed by atoms with Crippen LogP contribution in [-0.2, 0) is 10.8 Å². The molecule has 2 aliphatic heterocycles. The van der Waals surface area contributed by atoms with Crippen LogP contribution in [0.25, 0.3) is 60.5 Å². The van der Waals surface area contributed by atoms with Crippen molar-refractivity contribution in [2.75, 3.05) is 0 Å². The van der Waals surface area contributed by atoms with Crippen molar-refractivity contribution >= 4 is 32.6 Å². The molecule has 0 N–H and O–H groups in total. The van der Waals surface area contributed by atoms with Crippen molar-refractivity contribution in [3.8, 4) is 27.9 Å². The highest BCUT2D eigenvalue weighted by molar-refractivity contribution is 6.15. The van der Waals surface area contributed by atoms with E-state index in [2.05, 4.69) is 148 Å². The first-order valence-corrected chi connectivity index (χ1v) is 14.7. The van der Waals surface area contributed by atoms with Gasteiger partial charge in [-0.2, -0.15) is 0 Å². The van der Waals surface area contributed by atoms with E-state index in [1.54, 1.807) is 0 Å². The zero-order valence-electron chi connectivity index (χ0n) is 23.9.